The number of benzene rings is 2. The minimum absolute atomic E-state index is 0.155. The van der Waals surface area contributed by atoms with Crippen LogP contribution in [0.3, 0.4) is 0 Å². The van der Waals surface area contributed by atoms with Gasteiger partial charge in [0.2, 0.25) is 10.0 Å². The molecule has 2 aromatic rings. The Morgan fingerprint density at radius 3 is 2.46 bits per heavy atom. The molecule has 28 heavy (non-hydrogen) atoms. The number of hydrogen-bond acceptors (Lipinski definition) is 5. The Hall–Kier alpha value is -2.58. The fourth-order valence-corrected chi connectivity index (χ4v) is 4.14. The summed E-state index contributed by atoms with van der Waals surface area (Å²) in [7, 11) is -2.04. The largest absolute Gasteiger partial charge is 0.486 e. The molecule has 0 saturated heterocycles. The second kappa shape index (κ2) is 8.20. The Labute approximate surface area is 165 Å². The summed E-state index contributed by atoms with van der Waals surface area (Å²) in [6.07, 6.45) is 0. The van der Waals surface area contributed by atoms with Crippen LogP contribution < -0.4 is 14.8 Å². The molecule has 0 spiro atoms. The number of ether oxygens (including phenoxy) is 2. The van der Waals surface area contributed by atoms with E-state index in [1.54, 1.807) is 13.8 Å². The summed E-state index contributed by atoms with van der Waals surface area (Å²) in [5.74, 6) is 1.02. The molecular weight excluding hydrogens is 380 g/mol. The molecule has 0 fully saturated rings. The van der Waals surface area contributed by atoms with Gasteiger partial charge >= 0.3 is 0 Å². The highest BCUT2D eigenvalue weighted by Crippen LogP contribution is 2.33. The second-order valence-corrected chi connectivity index (χ2v) is 8.76. The molecular formula is C20H24N2O5S. The molecule has 0 aliphatic carbocycles. The first-order valence-electron chi connectivity index (χ1n) is 9.04. The van der Waals surface area contributed by atoms with E-state index in [2.05, 4.69) is 5.32 Å². The number of hydrogen-bond donors (Lipinski definition) is 1. The standard InChI is InChI=1S/C20H24N2O5S/c1-14(2)22(3)28(24,25)17-9-7-15(8-10-17)20(23)21-13-16-5-4-6-18-19(16)27-12-11-26-18/h4-10,14H,11-13H2,1-3H3,(H,21,23). The predicted octanol–water partition coefficient (Wildman–Crippen LogP) is 2.42. The monoisotopic (exact) mass is 404 g/mol. The number of amides is 1. The summed E-state index contributed by atoms with van der Waals surface area (Å²) in [5.41, 5.74) is 1.21. The number of nitrogens with zero attached hydrogens (tertiary/aromatic N) is 1. The van der Waals surface area contributed by atoms with E-state index >= 15 is 0 Å². The maximum Gasteiger partial charge on any atom is 0.251 e. The van der Waals surface area contributed by atoms with Crippen molar-refractivity contribution in [2.75, 3.05) is 20.3 Å². The van der Waals surface area contributed by atoms with Crippen molar-refractivity contribution in [2.24, 2.45) is 0 Å². The van der Waals surface area contributed by atoms with E-state index in [0.717, 1.165) is 5.56 Å². The molecule has 0 bridgehead atoms. The zero-order valence-electron chi connectivity index (χ0n) is 16.1. The van der Waals surface area contributed by atoms with Crippen molar-refractivity contribution in [1.82, 2.24) is 9.62 Å². The normalized spacial score (nSPS) is 13.6. The summed E-state index contributed by atoms with van der Waals surface area (Å²) < 4.78 is 37.5. The lowest BCUT2D eigenvalue weighted by atomic mass is 10.1. The van der Waals surface area contributed by atoms with Crippen LogP contribution in [0.25, 0.3) is 0 Å². The van der Waals surface area contributed by atoms with Crippen LogP contribution in [0.1, 0.15) is 29.8 Å². The van der Waals surface area contributed by atoms with E-state index in [-0.39, 0.29) is 23.4 Å². The number of rotatable bonds is 6. The number of fused-ring (bicyclic) bond motifs is 1. The molecule has 7 nitrogen and oxygen atoms in total. The highest BCUT2D eigenvalue weighted by molar-refractivity contribution is 7.89. The minimum Gasteiger partial charge on any atom is -0.486 e. The quantitative estimate of drug-likeness (QED) is 0.799. The SMILES string of the molecule is CC(C)N(C)S(=O)(=O)c1ccc(C(=O)NCc2cccc3c2OCCO3)cc1. The molecule has 1 N–H and O–H groups in total. The molecule has 3 rings (SSSR count). The molecule has 0 radical (unpaired) electrons. The lowest BCUT2D eigenvalue weighted by molar-refractivity contribution is 0.0949. The molecule has 0 aromatic heterocycles. The van der Waals surface area contributed by atoms with Crippen molar-refractivity contribution < 1.29 is 22.7 Å². The summed E-state index contributed by atoms with van der Waals surface area (Å²) in [6, 6.07) is 11.3. The van der Waals surface area contributed by atoms with Crippen LogP contribution in [0.15, 0.2) is 47.4 Å². The van der Waals surface area contributed by atoms with E-state index in [1.807, 2.05) is 18.2 Å². The van der Waals surface area contributed by atoms with Gasteiger partial charge in [-0.3, -0.25) is 4.79 Å². The first-order valence-corrected chi connectivity index (χ1v) is 10.5. The van der Waals surface area contributed by atoms with Crippen LogP contribution in [-0.4, -0.2) is 44.9 Å². The van der Waals surface area contributed by atoms with Gasteiger partial charge in [0.15, 0.2) is 11.5 Å². The van der Waals surface area contributed by atoms with Crippen LogP contribution >= 0.6 is 0 Å². The van der Waals surface area contributed by atoms with Crippen molar-refractivity contribution in [3.63, 3.8) is 0 Å². The number of carbonyl (C=O) groups excluding carboxylic acids is 1. The van der Waals surface area contributed by atoms with Crippen LogP contribution in [0, 0.1) is 0 Å². The van der Waals surface area contributed by atoms with E-state index in [9.17, 15) is 13.2 Å². The third kappa shape index (κ3) is 4.13. The molecule has 1 amide bonds. The maximum atomic E-state index is 12.5. The number of nitrogens with one attached hydrogen (secondary N) is 1. The van der Waals surface area contributed by atoms with E-state index in [0.29, 0.717) is 30.3 Å². The minimum atomic E-state index is -3.58. The Bertz CT molecular complexity index is 955. The predicted molar refractivity (Wildman–Crippen MR) is 105 cm³/mol. The Kier molecular flexibility index (Phi) is 5.90. The van der Waals surface area contributed by atoms with Gasteiger partial charge < -0.3 is 14.8 Å². The number of para-hydroxylation sites is 1. The molecule has 0 atom stereocenters. The van der Waals surface area contributed by atoms with Crippen LogP contribution in [-0.2, 0) is 16.6 Å². The molecule has 0 unspecified atom stereocenters. The second-order valence-electron chi connectivity index (χ2n) is 6.76. The fraction of sp³-hybridized carbons (Fsp3) is 0.350. The van der Waals surface area contributed by atoms with Gasteiger partial charge in [-0.1, -0.05) is 12.1 Å². The average Bonchev–Trinajstić information content (AvgIpc) is 2.71. The van der Waals surface area contributed by atoms with Gasteiger partial charge in [-0.05, 0) is 44.2 Å². The lowest BCUT2D eigenvalue weighted by Gasteiger charge is -2.21. The van der Waals surface area contributed by atoms with Gasteiger partial charge in [0, 0.05) is 30.8 Å². The Balaban J connectivity index is 1.69. The third-order valence-corrected chi connectivity index (χ3v) is 6.66. The molecule has 1 aliphatic rings. The Morgan fingerprint density at radius 2 is 1.79 bits per heavy atom. The molecule has 8 heteroatoms. The molecule has 0 saturated carbocycles. The third-order valence-electron chi connectivity index (χ3n) is 4.61. The highest BCUT2D eigenvalue weighted by Gasteiger charge is 2.23. The van der Waals surface area contributed by atoms with Crippen LogP contribution in [0.4, 0.5) is 0 Å². The molecule has 2 aromatic carbocycles. The number of carbonyl (C=O) groups is 1. The Morgan fingerprint density at radius 1 is 1.11 bits per heavy atom. The smallest absolute Gasteiger partial charge is 0.251 e. The van der Waals surface area contributed by atoms with Gasteiger partial charge in [0.1, 0.15) is 13.2 Å². The van der Waals surface area contributed by atoms with Crippen LogP contribution in [0.5, 0.6) is 11.5 Å². The topological polar surface area (TPSA) is 84.9 Å². The van der Waals surface area contributed by atoms with Crippen molar-refractivity contribution in [1.29, 1.82) is 0 Å². The summed E-state index contributed by atoms with van der Waals surface area (Å²) in [4.78, 5) is 12.6. The number of sulfonamides is 1. The zero-order chi connectivity index (χ0) is 20.3. The average molecular weight is 404 g/mol. The van der Waals surface area contributed by atoms with E-state index < -0.39 is 10.0 Å². The zero-order valence-corrected chi connectivity index (χ0v) is 17.0. The van der Waals surface area contributed by atoms with Crippen LogP contribution in [0.2, 0.25) is 0 Å². The molecule has 1 aliphatic heterocycles. The van der Waals surface area contributed by atoms with Gasteiger partial charge in [0.05, 0.1) is 4.90 Å². The van der Waals surface area contributed by atoms with Crippen molar-refractivity contribution in [2.45, 2.75) is 31.3 Å². The van der Waals surface area contributed by atoms with Crippen molar-refractivity contribution >= 4 is 15.9 Å². The lowest BCUT2D eigenvalue weighted by Crippen LogP contribution is -2.33. The first-order chi connectivity index (χ1) is 13.3. The van der Waals surface area contributed by atoms with E-state index in [1.165, 1.54) is 35.6 Å². The van der Waals surface area contributed by atoms with Gasteiger partial charge in [-0.15, -0.1) is 0 Å². The molecule has 1 heterocycles. The summed E-state index contributed by atoms with van der Waals surface area (Å²) in [5, 5.41) is 2.83. The van der Waals surface area contributed by atoms with Gasteiger partial charge in [0.25, 0.3) is 5.91 Å². The highest BCUT2D eigenvalue weighted by atomic mass is 32.2. The van der Waals surface area contributed by atoms with Gasteiger partial charge in [-0.2, -0.15) is 4.31 Å². The fourth-order valence-electron chi connectivity index (χ4n) is 2.77. The first kappa shape index (κ1) is 20.2. The summed E-state index contributed by atoms with van der Waals surface area (Å²) >= 11 is 0. The van der Waals surface area contributed by atoms with Crippen molar-refractivity contribution in [3.05, 3.63) is 53.6 Å². The van der Waals surface area contributed by atoms with Gasteiger partial charge in [-0.25, -0.2) is 8.42 Å². The summed E-state index contributed by atoms with van der Waals surface area (Å²) in [6.45, 7) is 4.86. The molecule has 150 valence electrons. The maximum absolute atomic E-state index is 12.5. The van der Waals surface area contributed by atoms with Crippen molar-refractivity contribution in [3.8, 4) is 11.5 Å². The van der Waals surface area contributed by atoms with E-state index in [4.69, 9.17) is 9.47 Å².